The molecule has 18 heavy (non-hydrogen) atoms. The summed E-state index contributed by atoms with van der Waals surface area (Å²) in [6.45, 7) is 2.45. The summed E-state index contributed by atoms with van der Waals surface area (Å²) < 4.78 is 6.53. The molecule has 1 aliphatic heterocycles. The number of para-hydroxylation sites is 1. The minimum absolute atomic E-state index is 0.0624. The molecule has 0 N–H and O–H groups in total. The van der Waals surface area contributed by atoms with Crippen LogP contribution in [0.5, 0.6) is 5.75 Å². The lowest BCUT2D eigenvalue weighted by Gasteiger charge is -2.36. The molecule has 1 unspecified atom stereocenters. The number of fused-ring (bicyclic) bond motifs is 1. The van der Waals surface area contributed by atoms with Gasteiger partial charge in [-0.3, -0.25) is 9.63 Å². The van der Waals surface area contributed by atoms with Crippen LogP contribution in [-0.4, -0.2) is 31.7 Å². The normalized spacial score (nSPS) is 22.0. The number of hydrogen-bond acceptors (Lipinski definition) is 3. The molecule has 1 atom stereocenters. The molecule has 0 aliphatic carbocycles. The van der Waals surface area contributed by atoms with Crippen LogP contribution in [0.2, 0.25) is 0 Å². The summed E-state index contributed by atoms with van der Waals surface area (Å²) in [7, 11) is 3.11. The fourth-order valence-electron chi connectivity index (χ4n) is 2.23. The summed E-state index contributed by atoms with van der Waals surface area (Å²) in [6.07, 6.45) is 0.642. The molecular formula is C13H16BrNO3. The minimum Gasteiger partial charge on any atom is -0.492 e. The highest BCUT2D eigenvalue weighted by Gasteiger charge is 2.42. The van der Waals surface area contributed by atoms with Crippen LogP contribution in [0, 0.1) is 0 Å². The predicted molar refractivity (Wildman–Crippen MR) is 71.4 cm³/mol. The van der Waals surface area contributed by atoms with Gasteiger partial charge >= 0.3 is 0 Å². The van der Waals surface area contributed by atoms with E-state index in [2.05, 4.69) is 15.9 Å². The Bertz CT molecular complexity index is 477. The van der Waals surface area contributed by atoms with Gasteiger partial charge < -0.3 is 4.74 Å². The highest BCUT2D eigenvalue weighted by atomic mass is 79.9. The van der Waals surface area contributed by atoms with Crippen molar-refractivity contribution in [2.24, 2.45) is 0 Å². The average Bonchev–Trinajstić information content (AvgIpc) is 2.38. The number of carbonyl (C=O) groups excluding carboxylic acids is 1. The second-order valence-electron chi connectivity index (χ2n) is 4.53. The van der Waals surface area contributed by atoms with Crippen molar-refractivity contribution in [3.8, 4) is 5.75 Å². The summed E-state index contributed by atoms with van der Waals surface area (Å²) in [5.41, 5.74) is 0.291. The molecule has 0 fully saturated rings. The van der Waals surface area contributed by atoms with Crippen LogP contribution in [-0.2, 0) is 15.0 Å². The largest absolute Gasteiger partial charge is 0.492 e. The number of benzene rings is 1. The fourth-order valence-corrected chi connectivity index (χ4v) is 2.72. The van der Waals surface area contributed by atoms with Crippen LogP contribution in [0.3, 0.4) is 0 Å². The van der Waals surface area contributed by atoms with Crippen molar-refractivity contribution in [1.82, 2.24) is 5.06 Å². The number of carbonyl (C=O) groups is 1. The van der Waals surface area contributed by atoms with E-state index in [-0.39, 0.29) is 5.91 Å². The van der Waals surface area contributed by atoms with Gasteiger partial charge in [0.1, 0.15) is 5.75 Å². The van der Waals surface area contributed by atoms with Crippen molar-refractivity contribution in [3.05, 3.63) is 28.2 Å². The number of hydroxylamine groups is 2. The lowest BCUT2D eigenvalue weighted by molar-refractivity contribution is -0.175. The Kier molecular flexibility index (Phi) is 3.64. The quantitative estimate of drug-likeness (QED) is 0.787. The van der Waals surface area contributed by atoms with Crippen LogP contribution in [0.4, 0.5) is 0 Å². The zero-order valence-electron chi connectivity index (χ0n) is 10.7. The third-order valence-corrected chi connectivity index (χ3v) is 4.07. The van der Waals surface area contributed by atoms with Crippen molar-refractivity contribution in [2.45, 2.75) is 18.8 Å². The third kappa shape index (κ3) is 2.01. The Balaban J connectivity index is 2.49. The van der Waals surface area contributed by atoms with E-state index >= 15 is 0 Å². The van der Waals surface area contributed by atoms with Crippen molar-refractivity contribution < 1.29 is 14.4 Å². The molecule has 1 aromatic carbocycles. The zero-order valence-corrected chi connectivity index (χ0v) is 12.3. The molecule has 0 bridgehead atoms. The number of halogens is 1. The molecule has 5 heteroatoms. The van der Waals surface area contributed by atoms with Crippen LogP contribution < -0.4 is 4.74 Å². The molecule has 0 saturated heterocycles. The molecule has 98 valence electrons. The Hall–Kier alpha value is -1.07. The van der Waals surface area contributed by atoms with Gasteiger partial charge in [-0.2, -0.15) is 0 Å². The average molecular weight is 314 g/mol. The molecule has 1 aliphatic rings. The Morgan fingerprint density at radius 1 is 1.56 bits per heavy atom. The summed E-state index contributed by atoms with van der Waals surface area (Å²) in [6, 6.07) is 5.76. The van der Waals surface area contributed by atoms with Crippen molar-refractivity contribution in [1.29, 1.82) is 0 Å². The fraction of sp³-hybridized carbons (Fsp3) is 0.462. The van der Waals surface area contributed by atoms with E-state index in [9.17, 15) is 4.79 Å². The van der Waals surface area contributed by atoms with Crippen LogP contribution >= 0.6 is 15.9 Å². The number of rotatable bonds is 2. The molecule has 0 radical (unpaired) electrons. The first kappa shape index (κ1) is 13.4. The second kappa shape index (κ2) is 4.90. The highest BCUT2D eigenvalue weighted by molar-refractivity contribution is 9.10. The number of hydrogen-bond donors (Lipinski definition) is 0. The monoisotopic (exact) mass is 313 g/mol. The predicted octanol–water partition coefficient (Wildman–Crippen LogP) is 2.51. The van der Waals surface area contributed by atoms with E-state index < -0.39 is 5.41 Å². The molecule has 4 nitrogen and oxygen atoms in total. The van der Waals surface area contributed by atoms with Gasteiger partial charge in [-0.25, -0.2) is 5.06 Å². The number of ether oxygens (including phenoxy) is 1. The number of likely N-dealkylation sites (N-methyl/N-ethyl adjacent to an activating group) is 1. The molecule has 0 spiro atoms. The lowest BCUT2D eigenvalue weighted by Crippen LogP contribution is -2.45. The van der Waals surface area contributed by atoms with Gasteiger partial charge in [-0.15, -0.1) is 0 Å². The molecular weight excluding hydrogens is 298 g/mol. The second-order valence-corrected chi connectivity index (χ2v) is 5.39. The van der Waals surface area contributed by atoms with E-state index in [1.807, 2.05) is 25.1 Å². The van der Waals surface area contributed by atoms with Gasteiger partial charge in [-0.05, 0) is 35.3 Å². The first-order chi connectivity index (χ1) is 8.50. The van der Waals surface area contributed by atoms with E-state index in [1.54, 1.807) is 7.05 Å². The molecule has 0 saturated carbocycles. The summed E-state index contributed by atoms with van der Waals surface area (Å²) in [5, 5.41) is 1.27. The van der Waals surface area contributed by atoms with E-state index in [4.69, 9.17) is 9.57 Å². The van der Waals surface area contributed by atoms with Gasteiger partial charge in [0, 0.05) is 12.6 Å². The standard InChI is InChI=1S/C13H16BrNO3/c1-13(12(16)15(2)17-3)7-8-18-11-9(13)5-4-6-10(11)14/h4-6H,7-8H2,1-3H3. The molecule has 1 amide bonds. The van der Waals surface area contributed by atoms with E-state index in [1.165, 1.54) is 12.2 Å². The smallest absolute Gasteiger partial charge is 0.256 e. The maximum atomic E-state index is 12.5. The van der Waals surface area contributed by atoms with E-state index in [0.717, 1.165) is 15.8 Å². The Morgan fingerprint density at radius 2 is 2.28 bits per heavy atom. The van der Waals surface area contributed by atoms with Crippen LogP contribution in [0.1, 0.15) is 18.9 Å². The van der Waals surface area contributed by atoms with Gasteiger partial charge in [0.05, 0.1) is 23.6 Å². The first-order valence-corrected chi connectivity index (χ1v) is 6.54. The van der Waals surface area contributed by atoms with Gasteiger partial charge in [0.15, 0.2) is 0 Å². The van der Waals surface area contributed by atoms with Crippen molar-refractivity contribution >= 4 is 21.8 Å². The SMILES string of the molecule is CON(C)C(=O)C1(C)CCOc2c(Br)cccc21. The van der Waals surface area contributed by atoms with Crippen LogP contribution in [0.25, 0.3) is 0 Å². The summed E-state index contributed by atoms with van der Waals surface area (Å²) >= 11 is 3.46. The Labute approximate surface area is 115 Å². The third-order valence-electron chi connectivity index (χ3n) is 3.44. The number of nitrogens with zero attached hydrogens (tertiary/aromatic N) is 1. The van der Waals surface area contributed by atoms with Gasteiger partial charge in [-0.1, -0.05) is 12.1 Å². The summed E-state index contributed by atoms with van der Waals surface area (Å²) in [4.78, 5) is 17.5. The van der Waals surface area contributed by atoms with Crippen molar-refractivity contribution in [2.75, 3.05) is 20.8 Å². The van der Waals surface area contributed by atoms with Gasteiger partial charge in [0.2, 0.25) is 0 Å². The topological polar surface area (TPSA) is 38.8 Å². The molecule has 0 aromatic heterocycles. The molecule has 1 heterocycles. The van der Waals surface area contributed by atoms with Gasteiger partial charge in [0.25, 0.3) is 5.91 Å². The molecule has 1 aromatic rings. The highest BCUT2D eigenvalue weighted by Crippen LogP contribution is 2.43. The minimum atomic E-state index is -0.609. The van der Waals surface area contributed by atoms with E-state index in [0.29, 0.717) is 13.0 Å². The lowest BCUT2D eigenvalue weighted by atomic mass is 9.77. The summed E-state index contributed by atoms with van der Waals surface area (Å²) in [5.74, 6) is 0.691. The number of amides is 1. The van der Waals surface area contributed by atoms with Crippen LogP contribution in [0.15, 0.2) is 22.7 Å². The Morgan fingerprint density at radius 3 is 2.94 bits per heavy atom. The first-order valence-electron chi connectivity index (χ1n) is 5.75. The van der Waals surface area contributed by atoms with Crippen molar-refractivity contribution in [3.63, 3.8) is 0 Å². The maximum Gasteiger partial charge on any atom is 0.256 e. The molecule has 2 rings (SSSR count). The zero-order chi connectivity index (χ0) is 13.3. The maximum absolute atomic E-state index is 12.5.